The molecule has 0 fully saturated rings. The van der Waals surface area contributed by atoms with Crippen molar-refractivity contribution in [3.8, 4) is 0 Å². The summed E-state index contributed by atoms with van der Waals surface area (Å²) < 4.78 is 14.9. The number of aromatic nitrogens is 1. The number of nitrogens with zero attached hydrogens (tertiary/aromatic N) is 1. The van der Waals surface area contributed by atoms with E-state index in [1.807, 2.05) is 0 Å². The smallest absolute Gasteiger partial charge is 0.339 e. The summed E-state index contributed by atoms with van der Waals surface area (Å²) in [7, 11) is 1.35. The molecular weight excluding hydrogens is 222 g/mol. The molecule has 0 spiro atoms. The van der Waals surface area contributed by atoms with Crippen LogP contribution in [0.1, 0.15) is 22.3 Å². The molecule has 1 aromatic heterocycles. The number of rotatable bonds is 4. The highest BCUT2D eigenvalue weighted by atomic mass is 16.7. The Labute approximate surface area is 99.0 Å². The summed E-state index contributed by atoms with van der Waals surface area (Å²) in [6.07, 6.45) is 7.44. The highest BCUT2D eigenvalue weighted by molar-refractivity contribution is 5.89. The van der Waals surface area contributed by atoms with E-state index in [0.717, 1.165) is 12.0 Å². The molecule has 0 saturated heterocycles. The predicted octanol–water partition coefficient (Wildman–Crippen LogP) is 1.64. The van der Waals surface area contributed by atoms with Gasteiger partial charge in [0.05, 0.1) is 12.7 Å². The van der Waals surface area contributed by atoms with Gasteiger partial charge in [-0.1, -0.05) is 0 Å². The van der Waals surface area contributed by atoms with Crippen molar-refractivity contribution in [1.29, 1.82) is 0 Å². The molecule has 0 N–H and O–H groups in total. The van der Waals surface area contributed by atoms with Gasteiger partial charge < -0.3 is 14.2 Å². The second-order valence-electron chi connectivity index (χ2n) is 3.59. The fourth-order valence-corrected chi connectivity index (χ4v) is 1.55. The molecule has 2 heterocycles. The third kappa shape index (κ3) is 2.96. The quantitative estimate of drug-likeness (QED) is 0.742. The van der Waals surface area contributed by atoms with Crippen LogP contribution < -0.4 is 0 Å². The van der Waals surface area contributed by atoms with Crippen LogP contribution >= 0.6 is 0 Å². The summed E-state index contributed by atoms with van der Waals surface area (Å²) in [6, 6.07) is 1.77. The first kappa shape index (κ1) is 11.4. The van der Waals surface area contributed by atoms with E-state index in [4.69, 9.17) is 9.47 Å². The Morgan fingerprint density at radius 1 is 1.41 bits per heavy atom. The molecule has 1 aliphatic rings. The van der Waals surface area contributed by atoms with Crippen molar-refractivity contribution in [2.24, 2.45) is 0 Å². The number of carbonyl (C=O) groups excluding carboxylic acids is 1. The summed E-state index contributed by atoms with van der Waals surface area (Å²) in [5.74, 6) is -0.380. The van der Waals surface area contributed by atoms with E-state index in [9.17, 15) is 4.79 Å². The third-order valence-electron chi connectivity index (χ3n) is 2.40. The molecule has 0 bridgehead atoms. The van der Waals surface area contributed by atoms with Gasteiger partial charge in [-0.2, -0.15) is 0 Å². The van der Waals surface area contributed by atoms with Crippen LogP contribution in [0.5, 0.6) is 0 Å². The first-order chi connectivity index (χ1) is 8.29. The maximum atomic E-state index is 11.3. The molecule has 1 aromatic rings. The van der Waals surface area contributed by atoms with Gasteiger partial charge in [0.1, 0.15) is 12.5 Å². The maximum absolute atomic E-state index is 11.3. The minimum absolute atomic E-state index is 0.239. The Morgan fingerprint density at radius 2 is 2.18 bits per heavy atom. The number of hydrogen-bond donors (Lipinski definition) is 0. The number of esters is 1. The SMILES string of the molecule is COC(=O)c1cncc(CCC2OC=CO2)c1. The molecule has 0 radical (unpaired) electrons. The van der Waals surface area contributed by atoms with Crippen LogP contribution in [-0.4, -0.2) is 24.4 Å². The van der Waals surface area contributed by atoms with Gasteiger partial charge in [-0.05, 0) is 18.1 Å². The van der Waals surface area contributed by atoms with Crippen LogP contribution in [0.2, 0.25) is 0 Å². The Kier molecular flexibility index (Phi) is 3.59. The molecule has 5 nitrogen and oxygen atoms in total. The van der Waals surface area contributed by atoms with Crippen molar-refractivity contribution in [3.05, 3.63) is 42.1 Å². The average molecular weight is 235 g/mol. The Morgan fingerprint density at radius 3 is 2.88 bits per heavy atom. The van der Waals surface area contributed by atoms with Crippen LogP contribution in [0, 0.1) is 0 Å². The van der Waals surface area contributed by atoms with Crippen molar-refractivity contribution in [3.63, 3.8) is 0 Å². The van der Waals surface area contributed by atoms with E-state index in [1.165, 1.54) is 25.8 Å². The molecule has 90 valence electrons. The molecule has 0 atom stereocenters. The summed E-state index contributed by atoms with van der Waals surface area (Å²) in [5, 5.41) is 0. The van der Waals surface area contributed by atoms with Gasteiger partial charge in [0.15, 0.2) is 0 Å². The predicted molar refractivity (Wildman–Crippen MR) is 59.0 cm³/mol. The Hall–Kier alpha value is -2.04. The summed E-state index contributed by atoms with van der Waals surface area (Å²) in [6.45, 7) is 0. The fraction of sp³-hybridized carbons (Fsp3) is 0.333. The fourth-order valence-electron chi connectivity index (χ4n) is 1.55. The van der Waals surface area contributed by atoms with E-state index >= 15 is 0 Å². The molecule has 0 aliphatic carbocycles. The van der Waals surface area contributed by atoms with Crippen LogP contribution in [-0.2, 0) is 20.6 Å². The lowest BCUT2D eigenvalue weighted by Crippen LogP contribution is -2.09. The monoisotopic (exact) mass is 235 g/mol. The Bertz CT molecular complexity index is 422. The van der Waals surface area contributed by atoms with Crippen LogP contribution in [0.25, 0.3) is 0 Å². The minimum Gasteiger partial charge on any atom is -0.465 e. The molecule has 0 amide bonds. The van der Waals surface area contributed by atoms with Crippen LogP contribution in [0.4, 0.5) is 0 Å². The molecule has 0 aromatic carbocycles. The van der Waals surface area contributed by atoms with Gasteiger partial charge in [0.25, 0.3) is 0 Å². The number of aryl methyl sites for hydroxylation is 1. The largest absolute Gasteiger partial charge is 0.465 e. The number of methoxy groups -OCH3 is 1. The van der Waals surface area contributed by atoms with Crippen molar-refractivity contribution < 1.29 is 19.0 Å². The van der Waals surface area contributed by atoms with Crippen molar-refractivity contribution in [2.75, 3.05) is 7.11 Å². The Balaban J connectivity index is 1.93. The zero-order chi connectivity index (χ0) is 12.1. The summed E-state index contributed by atoms with van der Waals surface area (Å²) in [5.41, 5.74) is 1.41. The van der Waals surface area contributed by atoms with Gasteiger partial charge in [0.2, 0.25) is 6.29 Å². The number of pyridine rings is 1. The van der Waals surface area contributed by atoms with E-state index in [-0.39, 0.29) is 12.3 Å². The zero-order valence-corrected chi connectivity index (χ0v) is 9.46. The second kappa shape index (κ2) is 5.34. The van der Waals surface area contributed by atoms with E-state index in [2.05, 4.69) is 9.72 Å². The lowest BCUT2D eigenvalue weighted by Gasteiger charge is -2.09. The van der Waals surface area contributed by atoms with Gasteiger partial charge in [-0.25, -0.2) is 4.79 Å². The zero-order valence-electron chi connectivity index (χ0n) is 9.46. The van der Waals surface area contributed by atoms with Gasteiger partial charge in [0, 0.05) is 18.8 Å². The van der Waals surface area contributed by atoms with E-state index in [1.54, 1.807) is 12.3 Å². The number of ether oxygens (including phenoxy) is 3. The molecule has 0 saturated carbocycles. The van der Waals surface area contributed by atoms with Crippen molar-refractivity contribution in [2.45, 2.75) is 19.1 Å². The van der Waals surface area contributed by atoms with Crippen LogP contribution in [0.3, 0.4) is 0 Å². The van der Waals surface area contributed by atoms with Crippen molar-refractivity contribution in [1.82, 2.24) is 4.98 Å². The first-order valence-electron chi connectivity index (χ1n) is 5.28. The lowest BCUT2D eigenvalue weighted by atomic mass is 10.1. The van der Waals surface area contributed by atoms with Crippen molar-refractivity contribution >= 4 is 5.97 Å². The molecule has 0 unspecified atom stereocenters. The highest BCUT2D eigenvalue weighted by Gasteiger charge is 2.13. The van der Waals surface area contributed by atoms with Gasteiger partial charge in [-0.15, -0.1) is 0 Å². The molecule has 17 heavy (non-hydrogen) atoms. The molecule has 5 heteroatoms. The topological polar surface area (TPSA) is 57.7 Å². The lowest BCUT2D eigenvalue weighted by molar-refractivity contribution is -0.0275. The van der Waals surface area contributed by atoms with Crippen LogP contribution in [0.15, 0.2) is 31.0 Å². The van der Waals surface area contributed by atoms with E-state index < -0.39 is 0 Å². The average Bonchev–Trinajstić information content (AvgIpc) is 2.89. The number of carbonyl (C=O) groups is 1. The third-order valence-corrected chi connectivity index (χ3v) is 2.40. The summed E-state index contributed by atoms with van der Waals surface area (Å²) in [4.78, 5) is 15.3. The van der Waals surface area contributed by atoms with Gasteiger partial charge >= 0.3 is 5.97 Å². The normalized spacial score (nSPS) is 14.2. The molecule has 2 rings (SSSR count). The molecule has 1 aliphatic heterocycles. The highest BCUT2D eigenvalue weighted by Crippen LogP contribution is 2.13. The maximum Gasteiger partial charge on any atom is 0.339 e. The molecular formula is C12H13NO4. The minimum atomic E-state index is -0.380. The van der Waals surface area contributed by atoms with E-state index in [0.29, 0.717) is 12.0 Å². The van der Waals surface area contributed by atoms with Gasteiger partial charge in [-0.3, -0.25) is 4.98 Å². The number of hydrogen-bond acceptors (Lipinski definition) is 5. The summed E-state index contributed by atoms with van der Waals surface area (Å²) >= 11 is 0. The first-order valence-corrected chi connectivity index (χ1v) is 5.28. The second-order valence-corrected chi connectivity index (χ2v) is 3.59. The standard InChI is InChI=1S/C12H13NO4/c1-15-12(14)10-6-9(7-13-8-10)2-3-11-16-4-5-17-11/h4-8,11H,2-3H2,1H3.